The maximum absolute atomic E-state index is 12.5. The molecular weight excluding hydrogens is 302 g/mol. The van der Waals surface area contributed by atoms with Crippen LogP contribution in [0.5, 0.6) is 0 Å². The van der Waals surface area contributed by atoms with Gasteiger partial charge in [0.25, 0.3) is 5.91 Å². The van der Waals surface area contributed by atoms with Crippen molar-refractivity contribution in [2.24, 2.45) is 0 Å². The summed E-state index contributed by atoms with van der Waals surface area (Å²) < 4.78 is 10.1. The predicted octanol–water partition coefficient (Wildman–Crippen LogP) is 1.94. The van der Waals surface area contributed by atoms with E-state index >= 15 is 0 Å². The number of alkyl carbamates (subject to hydrolysis) is 1. The highest BCUT2D eigenvalue weighted by atomic mass is 16.6. The number of nitrogens with zero attached hydrogens (tertiary/aromatic N) is 1. The third kappa shape index (κ3) is 7.21. The first-order chi connectivity index (χ1) is 10.6. The molecule has 1 aliphatic rings. The van der Waals surface area contributed by atoms with Gasteiger partial charge < -0.3 is 14.8 Å². The molecule has 0 saturated carbocycles. The molecule has 1 heterocycles. The Morgan fingerprint density at radius 2 is 1.87 bits per heavy atom. The summed E-state index contributed by atoms with van der Waals surface area (Å²) in [7, 11) is 0. The summed E-state index contributed by atoms with van der Waals surface area (Å²) in [4.78, 5) is 36.0. The van der Waals surface area contributed by atoms with Gasteiger partial charge in [0.05, 0.1) is 6.10 Å². The Morgan fingerprint density at radius 1 is 1.22 bits per heavy atom. The van der Waals surface area contributed by atoms with Crippen LogP contribution >= 0.6 is 0 Å². The van der Waals surface area contributed by atoms with Crippen LogP contribution in [0.15, 0.2) is 0 Å². The minimum absolute atomic E-state index is 0.284. The quantitative estimate of drug-likeness (QED) is 0.825. The van der Waals surface area contributed by atoms with Crippen molar-refractivity contribution in [3.8, 4) is 0 Å². The van der Waals surface area contributed by atoms with Crippen LogP contribution < -0.4 is 10.7 Å². The lowest BCUT2D eigenvalue weighted by Crippen LogP contribution is -2.54. The topological polar surface area (TPSA) is 97.0 Å². The van der Waals surface area contributed by atoms with Gasteiger partial charge >= 0.3 is 12.2 Å². The molecular formula is C15H27N3O5. The molecule has 1 rings (SSSR count). The summed E-state index contributed by atoms with van der Waals surface area (Å²) in [5.74, 6) is -0.380. The molecule has 0 aliphatic carbocycles. The van der Waals surface area contributed by atoms with Crippen LogP contribution in [0, 0.1) is 0 Å². The number of hydrogen-bond acceptors (Lipinski definition) is 5. The molecule has 23 heavy (non-hydrogen) atoms. The van der Waals surface area contributed by atoms with E-state index in [1.54, 1.807) is 34.6 Å². The van der Waals surface area contributed by atoms with E-state index in [1.165, 1.54) is 5.01 Å². The third-order valence-electron chi connectivity index (χ3n) is 2.95. The lowest BCUT2D eigenvalue weighted by atomic mass is 10.1. The van der Waals surface area contributed by atoms with Crippen LogP contribution in [0.25, 0.3) is 0 Å². The Labute approximate surface area is 136 Å². The van der Waals surface area contributed by atoms with E-state index in [4.69, 9.17) is 9.47 Å². The number of hydrazine groups is 1. The summed E-state index contributed by atoms with van der Waals surface area (Å²) in [5.41, 5.74) is 1.78. The van der Waals surface area contributed by atoms with Crippen LogP contribution in [0.2, 0.25) is 0 Å². The van der Waals surface area contributed by atoms with Crippen molar-refractivity contribution in [2.45, 2.75) is 71.6 Å². The fourth-order valence-electron chi connectivity index (χ4n) is 2.09. The Morgan fingerprint density at radius 3 is 2.43 bits per heavy atom. The lowest BCUT2D eigenvalue weighted by Gasteiger charge is -2.26. The number of amides is 3. The molecule has 0 aromatic carbocycles. The highest BCUT2D eigenvalue weighted by Gasteiger charge is 2.31. The zero-order valence-corrected chi connectivity index (χ0v) is 14.5. The third-order valence-corrected chi connectivity index (χ3v) is 2.95. The number of carbonyl (C=O) groups is 3. The highest BCUT2D eigenvalue weighted by Crippen LogP contribution is 2.13. The molecule has 1 fully saturated rings. The molecule has 0 bridgehead atoms. The second-order valence-electron chi connectivity index (χ2n) is 6.75. The Balaban J connectivity index is 2.65. The summed E-state index contributed by atoms with van der Waals surface area (Å²) in [5, 5.41) is 3.76. The average molecular weight is 329 g/mol. The van der Waals surface area contributed by atoms with Gasteiger partial charge in [-0.25, -0.2) is 20.0 Å². The molecule has 8 heteroatoms. The van der Waals surface area contributed by atoms with Crippen LogP contribution in [0.4, 0.5) is 9.59 Å². The van der Waals surface area contributed by atoms with Crippen molar-refractivity contribution in [2.75, 3.05) is 6.54 Å². The molecule has 2 N–H and O–H groups in total. The number of nitrogens with one attached hydrogen (secondary N) is 2. The summed E-state index contributed by atoms with van der Waals surface area (Å²) in [6.45, 7) is 9.05. The second kappa shape index (κ2) is 8.03. The fraction of sp³-hybridized carbons (Fsp3) is 0.800. The maximum atomic E-state index is 12.5. The summed E-state index contributed by atoms with van der Waals surface area (Å²) in [6, 6.07) is -0.730. The van der Waals surface area contributed by atoms with Gasteiger partial charge in [-0.2, -0.15) is 0 Å². The summed E-state index contributed by atoms with van der Waals surface area (Å²) in [6.07, 6.45) is 0.348. The molecule has 0 aromatic heterocycles. The first-order valence-electron chi connectivity index (χ1n) is 7.86. The molecule has 0 radical (unpaired) electrons. The average Bonchev–Trinajstić information content (AvgIpc) is 2.51. The van der Waals surface area contributed by atoms with Crippen LogP contribution in [-0.2, 0) is 14.3 Å². The smallest absolute Gasteiger partial charge is 0.426 e. The zero-order valence-electron chi connectivity index (χ0n) is 14.5. The number of hydrogen-bond donors (Lipinski definition) is 2. The van der Waals surface area contributed by atoms with Gasteiger partial charge in [0.2, 0.25) is 0 Å². The number of rotatable bonds is 3. The molecule has 132 valence electrons. The molecule has 0 spiro atoms. The molecule has 0 unspecified atom stereocenters. The maximum Gasteiger partial charge on any atom is 0.426 e. The number of ether oxygens (including phenoxy) is 2. The van der Waals surface area contributed by atoms with Gasteiger partial charge in [0.1, 0.15) is 11.6 Å². The summed E-state index contributed by atoms with van der Waals surface area (Å²) >= 11 is 0. The van der Waals surface area contributed by atoms with E-state index in [2.05, 4.69) is 10.7 Å². The zero-order chi connectivity index (χ0) is 17.6. The van der Waals surface area contributed by atoms with E-state index in [-0.39, 0.29) is 12.0 Å². The molecule has 1 aliphatic heterocycles. The van der Waals surface area contributed by atoms with E-state index < -0.39 is 23.8 Å². The molecule has 1 atom stereocenters. The monoisotopic (exact) mass is 329 g/mol. The first kappa shape index (κ1) is 19.1. The van der Waals surface area contributed by atoms with Gasteiger partial charge in [-0.3, -0.25) is 4.79 Å². The molecule has 8 nitrogen and oxygen atoms in total. The van der Waals surface area contributed by atoms with Crippen molar-refractivity contribution < 1.29 is 23.9 Å². The first-order valence-corrected chi connectivity index (χ1v) is 7.86. The van der Waals surface area contributed by atoms with E-state index in [0.29, 0.717) is 13.0 Å². The van der Waals surface area contributed by atoms with Crippen molar-refractivity contribution in [3.63, 3.8) is 0 Å². The minimum Gasteiger partial charge on any atom is -0.446 e. The van der Waals surface area contributed by atoms with E-state index in [0.717, 1.165) is 12.8 Å². The van der Waals surface area contributed by atoms with Gasteiger partial charge in [-0.05, 0) is 53.9 Å². The van der Waals surface area contributed by atoms with Gasteiger partial charge in [0.15, 0.2) is 0 Å². The van der Waals surface area contributed by atoms with Gasteiger partial charge in [0, 0.05) is 6.54 Å². The molecule has 3 amide bonds. The standard InChI is InChI=1S/C15H27N3O5/c1-10(2)22-14(21)17-18-9-7-6-8-11(12(18)19)16-13(20)23-15(3,4)5/h10-11H,6-9H2,1-5H3,(H,16,20)(H,17,21)/t11-/m1/s1. The van der Waals surface area contributed by atoms with Crippen molar-refractivity contribution in [3.05, 3.63) is 0 Å². The van der Waals surface area contributed by atoms with Gasteiger partial charge in [-0.15, -0.1) is 0 Å². The molecule has 0 aromatic rings. The number of carbonyl (C=O) groups excluding carboxylic acids is 3. The largest absolute Gasteiger partial charge is 0.446 e. The lowest BCUT2D eigenvalue weighted by molar-refractivity contribution is -0.135. The van der Waals surface area contributed by atoms with Crippen molar-refractivity contribution in [1.29, 1.82) is 0 Å². The van der Waals surface area contributed by atoms with Crippen molar-refractivity contribution in [1.82, 2.24) is 15.8 Å². The van der Waals surface area contributed by atoms with E-state index in [9.17, 15) is 14.4 Å². The van der Waals surface area contributed by atoms with Crippen molar-refractivity contribution >= 4 is 18.1 Å². The van der Waals surface area contributed by atoms with Gasteiger partial charge in [-0.1, -0.05) is 0 Å². The Kier molecular flexibility index (Phi) is 6.65. The van der Waals surface area contributed by atoms with Crippen LogP contribution in [0.1, 0.15) is 53.9 Å². The Bertz CT molecular complexity index is 445. The van der Waals surface area contributed by atoms with Crippen LogP contribution in [-0.4, -0.2) is 47.4 Å². The highest BCUT2D eigenvalue weighted by molar-refractivity contribution is 5.87. The molecule has 1 saturated heterocycles. The Hall–Kier alpha value is -1.99. The van der Waals surface area contributed by atoms with E-state index in [1.807, 2.05) is 0 Å². The fourth-order valence-corrected chi connectivity index (χ4v) is 2.09. The second-order valence-corrected chi connectivity index (χ2v) is 6.75. The predicted molar refractivity (Wildman–Crippen MR) is 83.5 cm³/mol. The normalized spacial score (nSPS) is 19.1. The minimum atomic E-state index is -0.730. The van der Waals surface area contributed by atoms with Crippen LogP contribution in [0.3, 0.4) is 0 Å². The SMILES string of the molecule is CC(C)OC(=O)NN1CCCC[C@@H](NC(=O)OC(C)(C)C)C1=O.